The summed E-state index contributed by atoms with van der Waals surface area (Å²) in [7, 11) is 0. The maximum atomic E-state index is 11.7. The lowest BCUT2D eigenvalue weighted by Gasteiger charge is -2.01. The molecule has 0 fully saturated rings. The predicted octanol–water partition coefficient (Wildman–Crippen LogP) is 2.45. The molecule has 4 nitrogen and oxygen atoms in total. The minimum absolute atomic E-state index is 0.176. The van der Waals surface area contributed by atoms with Gasteiger partial charge in [0.2, 0.25) is 5.43 Å². The highest BCUT2D eigenvalue weighted by Crippen LogP contribution is 2.21. The molecule has 0 saturated carbocycles. The van der Waals surface area contributed by atoms with Crippen molar-refractivity contribution in [3.63, 3.8) is 0 Å². The van der Waals surface area contributed by atoms with E-state index in [-0.39, 0.29) is 5.39 Å². The fraction of sp³-hybridized carbons (Fsp3) is 0.0909. The Balaban J connectivity index is 2.90. The Kier molecular flexibility index (Phi) is 2.44. The van der Waals surface area contributed by atoms with Crippen LogP contribution in [0.5, 0.6) is 0 Å². The van der Waals surface area contributed by atoms with Crippen molar-refractivity contribution in [1.29, 1.82) is 0 Å². The molecule has 82 valence electrons. The first-order chi connectivity index (χ1) is 7.50. The van der Waals surface area contributed by atoms with Crippen LogP contribution in [0.4, 0.5) is 0 Å². The number of carbonyl (C=O) groups is 1. The maximum absolute atomic E-state index is 11.7. The Morgan fingerprint density at radius 2 is 2.12 bits per heavy atom. The monoisotopic (exact) mass is 238 g/mol. The summed E-state index contributed by atoms with van der Waals surface area (Å²) in [4.78, 5) is 22.5. The van der Waals surface area contributed by atoms with Gasteiger partial charge in [0.15, 0.2) is 0 Å². The molecule has 16 heavy (non-hydrogen) atoms. The lowest BCUT2D eigenvalue weighted by Crippen LogP contribution is -2.14. The van der Waals surface area contributed by atoms with Crippen LogP contribution in [-0.4, -0.2) is 11.1 Å². The summed E-state index contributed by atoms with van der Waals surface area (Å²) in [5.41, 5.74) is 0.111. The highest BCUT2D eigenvalue weighted by atomic mass is 35.5. The summed E-state index contributed by atoms with van der Waals surface area (Å²) in [5.74, 6) is -1.31. The van der Waals surface area contributed by atoms with Gasteiger partial charge in [-0.3, -0.25) is 4.79 Å². The van der Waals surface area contributed by atoms with Crippen molar-refractivity contribution < 1.29 is 14.3 Å². The number of fused-ring (bicyclic) bond motifs is 1. The maximum Gasteiger partial charge on any atom is 0.342 e. The molecule has 2 rings (SSSR count). The zero-order chi connectivity index (χ0) is 11.9. The molecule has 0 saturated heterocycles. The van der Waals surface area contributed by atoms with Crippen molar-refractivity contribution >= 4 is 28.5 Å². The molecule has 0 atom stereocenters. The number of carboxylic acid groups (broad SMARTS) is 1. The average molecular weight is 239 g/mol. The van der Waals surface area contributed by atoms with E-state index < -0.39 is 17.0 Å². The largest absolute Gasteiger partial charge is 0.477 e. The van der Waals surface area contributed by atoms with Crippen LogP contribution >= 0.6 is 11.6 Å². The standard InChI is InChI=1S/C11H7ClO4/c1-5-2-9-6(3-8(5)12)10(13)7(4-16-9)11(14)15/h2-4H,1H3,(H,14,15). The fourth-order valence-corrected chi connectivity index (χ4v) is 1.56. The third kappa shape index (κ3) is 1.57. The lowest BCUT2D eigenvalue weighted by atomic mass is 10.1. The summed E-state index contributed by atoms with van der Waals surface area (Å²) in [5, 5.41) is 9.34. The van der Waals surface area contributed by atoms with Crippen LogP contribution in [0.2, 0.25) is 5.02 Å². The molecule has 2 aromatic rings. The SMILES string of the molecule is Cc1cc2occ(C(=O)O)c(=O)c2cc1Cl. The van der Waals surface area contributed by atoms with E-state index in [1.165, 1.54) is 6.07 Å². The van der Waals surface area contributed by atoms with Crippen molar-refractivity contribution in [3.05, 3.63) is 44.8 Å². The summed E-state index contributed by atoms with van der Waals surface area (Å²) >= 11 is 5.86. The van der Waals surface area contributed by atoms with Crippen LogP contribution in [0.3, 0.4) is 0 Å². The number of hydrogen-bond donors (Lipinski definition) is 1. The van der Waals surface area contributed by atoms with Gasteiger partial charge >= 0.3 is 5.97 Å². The minimum atomic E-state index is -1.31. The van der Waals surface area contributed by atoms with Crippen molar-refractivity contribution in [1.82, 2.24) is 0 Å². The van der Waals surface area contributed by atoms with Crippen LogP contribution in [0.15, 0.2) is 27.6 Å². The number of rotatable bonds is 1. The van der Waals surface area contributed by atoms with Crippen molar-refractivity contribution in [2.24, 2.45) is 0 Å². The Morgan fingerprint density at radius 3 is 2.75 bits per heavy atom. The zero-order valence-electron chi connectivity index (χ0n) is 8.28. The molecule has 0 unspecified atom stereocenters. The lowest BCUT2D eigenvalue weighted by molar-refractivity contribution is 0.0693. The van der Waals surface area contributed by atoms with Gasteiger partial charge in [-0.2, -0.15) is 0 Å². The van der Waals surface area contributed by atoms with E-state index in [9.17, 15) is 9.59 Å². The molecular weight excluding hydrogens is 232 g/mol. The second-order valence-corrected chi connectivity index (χ2v) is 3.79. The number of aryl methyl sites for hydroxylation is 1. The van der Waals surface area contributed by atoms with Crippen LogP contribution in [0.25, 0.3) is 11.0 Å². The molecule has 0 spiro atoms. The van der Waals surface area contributed by atoms with E-state index in [1.807, 2.05) is 0 Å². The number of halogens is 1. The number of hydrogen-bond acceptors (Lipinski definition) is 3. The van der Waals surface area contributed by atoms with E-state index in [0.29, 0.717) is 10.6 Å². The first-order valence-electron chi connectivity index (χ1n) is 4.45. The first kappa shape index (κ1) is 10.7. The molecule has 5 heteroatoms. The Bertz CT molecular complexity index is 642. The van der Waals surface area contributed by atoms with Gasteiger partial charge in [0.25, 0.3) is 0 Å². The number of carboxylic acids is 1. The number of benzene rings is 1. The van der Waals surface area contributed by atoms with Crippen LogP contribution in [-0.2, 0) is 0 Å². The second-order valence-electron chi connectivity index (χ2n) is 3.38. The van der Waals surface area contributed by atoms with Gasteiger partial charge in [0.05, 0.1) is 5.39 Å². The van der Waals surface area contributed by atoms with E-state index >= 15 is 0 Å². The highest BCUT2D eigenvalue weighted by molar-refractivity contribution is 6.32. The molecule has 0 radical (unpaired) electrons. The van der Waals surface area contributed by atoms with E-state index in [4.69, 9.17) is 21.1 Å². The van der Waals surface area contributed by atoms with Gasteiger partial charge in [0, 0.05) is 5.02 Å². The molecule has 1 aromatic heterocycles. The third-order valence-electron chi connectivity index (χ3n) is 2.28. The minimum Gasteiger partial charge on any atom is -0.477 e. The van der Waals surface area contributed by atoms with E-state index in [2.05, 4.69) is 0 Å². The molecule has 1 heterocycles. The molecule has 1 N–H and O–H groups in total. The summed E-state index contributed by atoms with van der Waals surface area (Å²) in [6.45, 7) is 1.77. The predicted molar refractivity (Wildman–Crippen MR) is 59.2 cm³/mol. The Labute approximate surface area is 95.1 Å². The summed E-state index contributed by atoms with van der Waals surface area (Å²) < 4.78 is 5.08. The van der Waals surface area contributed by atoms with Gasteiger partial charge < -0.3 is 9.52 Å². The molecule has 1 aromatic carbocycles. The first-order valence-corrected chi connectivity index (χ1v) is 4.83. The van der Waals surface area contributed by atoms with Gasteiger partial charge in [0.1, 0.15) is 17.4 Å². The van der Waals surface area contributed by atoms with Crippen molar-refractivity contribution in [3.8, 4) is 0 Å². The average Bonchev–Trinajstić information content (AvgIpc) is 2.21. The van der Waals surface area contributed by atoms with Crippen LogP contribution < -0.4 is 5.43 Å². The smallest absolute Gasteiger partial charge is 0.342 e. The quantitative estimate of drug-likeness (QED) is 0.829. The van der Waals surface area contributed by atoms with Gasteiger partial charge in [-0.25, -0.2) is 4.79 Å². The van der Waals surface area contributed by atoms with Crippen molar-refractivity contribution in [2.45, 2.75) is 6.92 Å². The fourth-order valence-electron chi connectivity index (χ4n) is 1.40. The Morgan fingerprint density at radius 1 is 1.44 bits per heavy atom. The van der Waals surface area contributed by atoms with Crippen LogP contribution in [0, 0.1) is 6.92 Å². The van der Waals surface area contributed by atoms with Gasteiger partial charge in [-0.1, -0.05) is 11.6 Å². The van der Waals surface area contributed by atoms with Crippen LogP contribution in [0.1, 0.15) is 15.9 Å². The second kappa shape index (κ2) is 3.64. The van der Waals surface area contributed by atoms with Gasteiger partial charge in [-0.05, 0) is 24.6 Å². The molecule has 0 amide bonds. The number of aromatic carboxylic acids is 1. The van der Waals surface area contributed by atoms with Crippen molar-refractivity contribution in [2.75, 3.05) is 0 Å². The molecule has 0 bridgehead atoms. The third-order valence-corrected chi connectivity index (χ3v) is 2.69. The topological polar surface area (TPSA) is 67.5 Å². The molecule has 0 aliphatic carbocycles. The highest BCUT2D eigenvalue weighted by Gasteiger charge is 2.13. The molecule has 0 aliphatic rings. The van der Waals surface area contributed by atoms with E-state index in [0.717, 1.165) is 11.8 Å². The Hall–Kier alpha value is -1.81. The molecular formula is C11H7ClO4. The normalized spacial score (nSPS) is 10.6. The van der Waals surface area contributed by atoms with E-state index in [1.54, 1.807) is 13.0 Å². The molecule has 0 aliphatic heterocycles. The van der Waals surface area contributed by atoms with Gasteiger partial charge in [-0.15, -0.1) is 0 Å². The zero-order valence-corrected chi connectivity index (χ0v) is 9.04. The summed E-state index contributed by atoms with van der Waals surface area (Å²) in [6, 6.07) is 3.02. The summed E-state index contributed by atoms with van der Waals surface area (Å²) in [6.07, 6.45) is 0.945.